The van der Waals surface area contributed by atoms with Crippen LogP contribution in [0.1, 0.15) is 31.0 Å². The second kappa shape index (κ2) is 4.72. The number of nitrogens with two attached hydrogens (primary N) is 1. The summed E-state index contributed by atoms with van der Waals surface area (Å²) in [5.41, 5.74) is 10.5. The maximum Gasteiger partial charge on any atom is 0.0730 e. The average molecular weight is 229 g/mol. The molecule has 2 N–H and O–H groups in total. The van der Waals surface area contributed by atoms with Crippen LogP contribution >= 0.6 is 0 Å². The Hall–Kier alpha value is -1.61. The molecular formula is C14H19N3. The first kappa shape index (κ1) is 11.9. The third-order valence-corrected chi connectivity index (χ3v) is 2.91. The molecule has 0 amide bonds. The van der Waals surface area contributed by atoms with Gasteiger partial charge in [0.15, 0.2) is 0 Å². The molecule has 0 aliphatic rings. The summed E-state index contributed by atoms with van der Waals surface area (Å²) in [5, 5.41) is 4.42. The van der Waals surface area contributed by atoms with Gasteiger partial charge in [-0.25, -0.2) is 0 Å². The highest BCUT2D eigenvalue weighted by molar-refractivity contribution is 5.63. The minimum atomic E-state index is 0.339. The maximum absolute atomic E-state index is 5.78. The van der Waals surface area contributed by atoms with Gasteiger partial charge in [0.1, 0.15) is 0 Å². The molecule has 0 fully saturated rings. The van der Waals surface area contributed by atoms with Crippen LogP contribution in [0.3, 0.4) is 0 Å². The summed E-state index contributed by atoms with van der Waals surface area (Å²) >= 11 is 0. The molecule has 3 heteroatoms. The molecule has 0 unspecified atom stereocenters. The van der Waals surface area contributed by atoms with E-state index < -0.39 is 0 Å². The lowest BCUT2D eigenvalue weighted by Gasteiger charge is -2.12. The quantitative estimate of drug-likeness (QED) is 0.879. The van der Waals surface area contributed by atoms with E-state index in [9.17, 15) is 0 Å². The third kappa shape index (κ3) is 2.24. The Kier molecular flexibility index (Phi) is 3.29. The van der Waals surface area contributed by atoms with Gasteiger partial charge < -0.3 is 5.73 Å². The van der Waals surface area contributed by atoms with Crippen molar-refractivity contribution in [3.8, 4) is 11.3 Å². The van der Waals surface area contributed by atoms with E-state index in [1.54, 1.807) is 0 Å². The van der Waals surface area contributed by atoms with Crippen molar-refractivity contribution in [2.45, 2.75) is 33.4 Å². The third-order valence-electron chi connectivity index (χ3n) is 2.91. The molecule has 0 saturated carbocycles. The number of hydrogen-bond acceptors (Lipinski definition) is 2. The lowest BCUT2D eigenvalue weighted by molar-refractivity contribution is 0.538. The van der Waals surface area contributed by atoms with Gasteiger partial charge in [0.05, 0.1) is 11.9 Å². The zero-order valence-corrected chi connectivity index (χ0v) is 10.6. The number of benzene rings is 1. The Morgan fingerprint density at radius 1 is 1.24 bits per heavy atom. The fourth-order valence-corrected chi connectivity index (χ4v) is 1.97. The predicted molar refractivity (Wildman–Crippen MR) is 70.7 cm³/mol. The molecule has 1 aromatic heterocycles. The van der Waals surface area contributed by atoms with Gasteiger partial charge in [0, 0.05) is 23.7 Å². The second-order valence-corrected chi connectivity index (χ2v) is 4.63. The van der Waals surface area contributed by atoms with Crippen LogP contribution in [0.4, 0.5) is 0 Å². The molecule has 0 saturated heterocycles. The number of rotatable bonds is 3. The lowest BCUT2D eigenvalue weighted by Crippen LogP contribution is -2.06. The van der Waals surface area contributed by atoms with Crippen LogP contribution in [0.25, 0.3) is 11.3 Å². The van der Waals surface area contributed by atoms with Crippen LogP contribution in [0, 0.1) is 6.92 Å². The minimum absolute atomic E-state index is 0.339. The molecule has 1 heterocycles. The normalized spacial score (nSPS) is 11.1. The minimum Gasteiger partial charge on any atom is -0.326 e. The van der Waals surface area contributed by atoms with Gasteiger partial charge in [0.2, 0.25) is 0 Å². The zero-order chi connectivity index (χ0) is 12.4. The van der Waals surface area contributed by atoms with Gasteiger partial charge in [-0.3, -0.25) is 4.68 Å². The van der Waals surface area contributed by atoms with E-state index in [0.717, 1.165) is 11.3 Å². The van der Waals surface area contributed by atoms with E-state index in [1.807, 2.05) is 10.9 Å². The summed E-state index contributed by atoms with van der Waals surface area (Å²) in [4.78, 5) is 0. The summed E-state index contributed by atoms with van der Waals surface area (Å²) in [6.07, 6.45) is 1.87. The molecule has 0 aliphatic heterocycles. The Bertz CT molecular complexity index is 495. The first-order valence-electron chi connectivity index (χ1n) is 5.97. The molecule has 90 valence electrons. The van der Waals surface area contributed by atoms with Crippen LogP contribution in [0.15, 0.2) is 30.5 Å². The van der Waals surface area contributed by atoms with Crippen LogP contribution in [-0.2, 0) is 6.54 Å². The largest absolute Gasteiger partial charge is 0.326 e. The highest BCUT2D eigenvalue weighted by Gasteiger charge is 2.13. The molecule has 0 radical (unpaired) electrons. The van der Waals surface area contributed by atoms with Crippen molar-refractivity contribution in [1.82, 2.24) is 9.78 Å². The van der Waals surface area contributed by atoms with Crippen molar-refractivity contribution >= 4 is 0 Å². The van der Waals surface area contributed by atoms with Crippen molar-refractivity contribution in [2.24, 2.45) is 5.73 Å². The molecule has 0 bridgehead atoms. The van der Waals surface area contributed by atoms with Crippen molar-refractivity contribution in [2.75, 3.05) is 0 Å². The highest BCUT2D eigenvalue weighted by atomic mass is 15.3. The molecule has 17 heavy (non-hydrogen) atoms. The SMILES string of the molecule is Cc1ccc(-c2c(CN)cnn2C(C)C)cc1. The van der Waals surface area contributed by atoms with Gasteiger partial charge in [0.25, 0.3) is 0 Å². The van der Waals surface area contributed by atoms with Gasteiger partial charge in [-0.1, -0.05) is 29.8 Å². The first-order chi connectivity index (χ1) is 8.13. The number of nitrogens with zero attached hydrogens (tertiary/aromatic N) is 2. The number of aromatic nitrogens is 2. The van der Waals surface area contributed by atoms with Crippen molar-refractivity contribution in [1.29, 1.82) is 0 Å². The zero-order valence-electron chi connectivity index (χ0n) is 10.6. The van der Waals surface area contributed by atoms with E-state index >= 15 is 0 Å². The Morgan fingerprint density at radius 2 is 1.88 bits per heavy atom. The van der Waals surface area contributed by atoms with E-state index in [0.29, 0.717) is 12.6 Å². The lowest BCUT2D eigenvalue weighted by atomic mass is 10.1. The Labute approximate surface area is 102 Å². The summed E-state index contributed by atoms with van der Waals surface area (Å²) < 4.78 is 2.03. The van der Waals surface area contributed by atoms with Crippen molar-refractivity contribution in [3.05, 3.63) is 41.6 Å². The first-order valence-corrected chi connectivity index (χ1v) is 5.97. The summed E-state index contributed by atoms with van der Waals surface area (Å²) in [7, 11) is 0. The summed E-state index contributed by atoms with van der Waals surface area (Å²) in [6.45, 7) is 6.87. The van der Waals surface area contributed by atoms with Gasteiger partial charge in [-0.2, -0.15) is 5.10 Å². The Balaban J connectivity index is 2.55. The second-order valence-electron chi connectivity index (χ2n) is 4.63. The maximum atomic E-state index is 5.78. The van der Waals surface area contributed by atoms with Crippen LogP contribution < -0.4 is 5.73 Å². The molecule has 2 rings (SSSR count). The topological polar surface area (TPSA) is 43.8 Å². The molecule has 0 atom stereocenters. The van der Waals surface area contributed by atoms with E-state index in [4.69, 9.17) is 5.73 Å². The standard InChI is InChI=1S/C14H19N3/c1-10(2)17-14(13(8-15)9-16-17)12-6-4-11(3)5-7-12/h4-7,9-10H,8,15H2,1-3H3. The summed E-state index contributed by atoms with van der Waals surface area (Å²) in [5.74, 6) is 0. The smallest absolute Gasteiger partial charge is 0.0730 e. The summed E-state index contributed by atoms with van der Waals surface area (Å²) in [6, 6.07) is 8.83. The number of aryl methyl sites for hydroxylation is 1. The van der Waals surface area contributed by atoms with Gasteiger partial charge in [-0.15, -0.1) is 0 Å². The van der Waals surface area contributed by atoms with E-state index in [1.165, 1.54) is 11.1 Å². The van der Waals surface area contributed by atoms with E-state index in [-0.39, 0.29) is 0 Å². The molecular weight excluding hydrogens is 210 g/mol. The fraction of sp³-hybridized carbons (Fsp3) is 0.357. The van der Waals surface area contributed by atoms with Crippen molar-refractivity contribution < 1.29 is 0 Å². The van der Waals surface area contributed by atoms with Gasteiger partial charge in [-0.05, 0) is 20.8 Å². The average Bonchev–Trinajstić information content (AvgIpc) is 2.73. The highest BCUT2D eigenvalue weighted by Crippen LogP contribution is 2.26. The van der Waals surface area contributed by atoms with E-state index in [2.05, 4.69) is 50.1 Å². The predicted octanol–water partition coefficient (Wildman–Crippen LogP) is 2.90. The number of hydrogen-bond donors (Lipinski definition) is 1. The molecule has 1 aromatic carbocycles. The van der Waals surface area contributed by atoms with Crippen LogP contribution in [-0.4, -0.2) is 9.78 Å². The van der Waals surface area contributed by atoms with Gasteiger partial charge >= 0.3 is 0 Å². The van der Waals surface area contributed by atoms with Crippen LogP contribution in [0.2, 0.25) is 0 Å². The Morgan fingerprint density at radius 3 is 2.41 bits per heavy atom. The van der Waals surface area contributed by atoms with Crippen LogP contribution in [0.5, 0.6) is 0 Å². The fourth-order valence-electron chi connectivity index (χ4n) is 1.97. The molecule has 0 spiro atoms. The van der Waals surface area contributed by atoms with Crippen molar-refractivity contribution in [3.63, 3.8) is 0 Å². The molecule has 2 aromatic rings. The monoisotopic (exact) mass is 229 g/mol. The molecule has 0 aliphatic carbocycles. The molecule has 3 nitrogen and oxygen atoms in total.